The molecule has 0 saturated carbocycles. The van der Waals surface area contributed by atoms with Gasteiger partial charge in [0.2, 0.25) is 0 Å². The molecule has 2 aliphatic rings. The van der Waals surface area contributed by atoms with E-state index in [0.29, 0.717) is 17.9 Å². The van der Waals surface area contributed by atoms with Crippen LogP contribution in [-0.2, 0) is 4.74 Å². The van der Waals surface area contributed by atoms with Crippen LogP contribution in [0.2, 0.25) is 5.02 Å². The Morgan fingerprint density at radius 3 is 2.96 bits per heavy atom. The van der Waals surface area contributed by atoms with Crippen molar-refractivity contribution in [3.05, 3.63) is 34.6 Å². The fourth-order valence-corrected chi connectivity index (χ4v) is 4.04. The van der Waals surface area contributed by atoms with Gasteiger partial charge in [0.25, 0.3) is 0 Å². The fourth-order valence-electron chi connectivity index (χ4n) is 3.86. The predicted molar refractivity (Wildman–Crippen MR) is 87.9 cm³/mol. The largest absolute Gasteiger partial charge is 0.395 e. The van der Waals surface area contributed by atoms with Crippen LogP contribution in [0.3, 0.4) is 0 Å². The minimum absolute atomic E-state index is 0.0277. The Morgan fingerprint density at radius 1 is 1.43 bits per heavy atom. The summed E-state index contributed by atoms with van der Waals surface area (Å²) in [6, 6.07) is 4.99. The number of ether oxygens (including phenoxy) is 1. The lowest BCUT2D eigenvalue weighted by molar-refractivity contribution is 0.0234. The SMILES string of the molecule is NC1C(c2cccc(Cl)c2F)C[C@H](CO)N1CC1CCCOC1. The first-order chi connectivity index (χ1) is 11.1. The molecule has 3 unspecified atom stereocenters. The van der Waals surface area contributed by atoms with E-state index in [1.54, 1.807) is 18.2 Å². The molecule has 4 atom stereocenters. The summed E-state index contributed by atoms with van der Waals surface area (Å²) in [6.45, 7) is 2.37. The normalized spacial score (nSPS) is 32.3. The number of aliphatic hydroxyl groups is 1. The third-order valence-corrected chi connectivity index (χ3v) is 5.40. The third kappa shape index (κ3) is 3.54. The van der Waals surface area contributed by atoms with E-state index >= 15 is 0 Å². The number of halogens is 2. The van der Waals surface area contributed by atoms with Crippen LogP contribution in [0.4, 0.5) is 4.39 Å². The van der Waals surface area contributed by atoms with Crippen LogP contribution in [0.1, 0.15) is 30.7 Å². The van der Waals surface area contributed by atoms with Gasteiger partial charge < -0.3 is 15.6 Å². The molecule has 6 heteroatoms. The van der Waals surface area contributed by atoms with Crippen molar-refractivity contribution in [1.29, 1.82) is 0 Å². The van der Waals surface area contributed by atoms with E-state index in [0.717, 1.165) is 32.6 Å². The van der Waals surface area contributed by atoms with Gasteiger partial charge in [-0.05, 0) is 36.8 Å². The average Bonchev–Trinajstić information content (AvgIpc) is 2.87. The molecule has 1 aromatic rings. The Hall–Kier alpha value is -0.720. The molecular formula is C17H24ClFN2O2. The summed E-state index contributed by atoms with van der Waals surface area (Å²) in [4.78, 5) is 2.12. The minimum atomic E-state index is -0.394. The lowest BCUT2D eigenvalue weighted by atomic mass is 9.94. The maximum atomic E-state index is 14.4. The topological polar surface area (TPSA) is 58.7 Å². The Labute approximate surface area is 141 Å². The van der Waals surface area contributed by atoms with Gasteiger partial charge in [0.15, 0.2) is 0 Å². The van der Waals surface area contributed by atoms with Gasteiger partial charge in [0, 0.05) is 25.1 Å². The van der Waals surface area contributed by atoms with Gasteiger partial charge in [-0.3, -0.25) is 4.90 Å². The lowest BCUT2D eigenvalue weighted by Gasteiger charge is -2.33. The number of likely N-dealkylation sites (tertiary alicyclic amines) is 1. The molecule has 0 spiro atoms. The van der Waals surface area contributed by atoms with E-state index < -0.39 is 5.82 Å². The molecule has 1 aromatic carbocycles. The summed E-state index contributed by atoms with van der Waals surface area (Å²) in [5, 5.41) is 9.84. The van der Waals surface area contributed by atoms with Crippen LogP contribution in [0.15, 0.2) is 18.2 Å². The van der Waals surface area contributed by atoms with Gasteiger partial charge in [-0.25, -0.2) is 4.39 Å². The molecule has 2 saturated heterocycles. The van der Waals surface area contributed by atoms with Crippen molar-refractivity contribution in [2.75, 3.05) is 26.4 Å². The number of rotatable bonds is 4. The van der Waals surface area contributed by atoms with E-state index in [1.807, 2.05) is 0 Å². The van der Waals surface area contributed by atoms with E-state index in [1.165, 1.54) is 0 Å². The lowest BCUT2D eigenvalue weighted by Crippen LogP contribution is -2.47. The molecule has 2 aliphatic heterocycles. The molecule has 0 radical (unpaired) electrons. The number of aliphatic hydroxyl groups excluding tert-OH is 1. The number of benzene rings is 1. The quantitative estimate of drug-likeness (QED) is 0.881. The van der Waals surface area contributed by atoms with Gasteiger partial charge >= 0.3 is 0 Å². The Kier molecular flexibility index (Phi) is 5.54. The van der Waals surface area contributed by atoms with Crippen LogP contribution in [0.25, 0.3) is 0 Å². The Morgan fingerprint density at radius 2 is 2.26 bits per heavy atom. The van der Waals surface area contributed by atoms with Crippen molar-refractivity contribution >= 4 is 11.6 Å². The van der Waals surface area contributed by atoms with Crippen molar-refractivity contribution in [3.63, 3.8) is 0 Å². The van der Waals surface area contributed by atoms with Gasteiger partial charge in [-0.15, -0.1) is 0 Å². The highest BCUT2D eigenvalue weighted by Gasteiger charge is 2.41. The molecule has 0 bridgehead atoms. The van der Waals surface area contributed by atoms with Gasteiger partial charge in [0.1, 0.15) is 5.82 Å². The summed E-state index contributed by atoms with van der Waals surface area (Å²) in [5.74, 6) is -0.128. The summed E-state index contributed by atoms with van der Waals surface area (Å²) in [7, 11) is 0. The second-order valence-corrected chi connectivity index (χ2v) is 7.00. The van der Waals surface area contributed by atoms with Crippen molar-refractivity contribution in [2.24, 2.45) is 11.7 Å². The second kappa shape index (κ2) is 7.45. The van der Waals surface area contributed by atoms with Gasteiger partial charge in [-0.1, -0.05) is 23.7 Å². The standard InChI is InChI=1S/C17H24ClFN2O2/c18-15-5-1-4-13(16(15)19)14-7-12(9-22)21(17(14)20)8-11-3-2-6-23-10-11/h1,4-5,11-12,14,17,22H,2-3,6-10,20H2/t11?,12-,14?,17?/m1/s1. The van der Waals surface area contributed by atoms with Crippen LogP contribution < -0.4 is 5.73 Å². The summed E-state index contributed by atoms with van der Waals surface area (Å²) >= 11 is 5.91. The maximum Gasteiger partial charge on any atom is 0.145 e. The number of nitrogens with two attached hydrogens (primary N) is 1. The summed E-state index contributed by atoms with van der Waals surface area (Å²) in [5.41, 5.74) is 6.97. The monoisotopic (exact) mass is 342 g/mol. The fraction of sp³-hybridized carbons (Fsp3) is 0.647. The number of hydrogen-bond acceptors (Lipinski definition) is 4. The second-order valence-electron chi connectivity index (χ2n) is 6.59. The van der Waals surface area contributed by atoms with E-state index in [9.17, 15) is 9.50 Å². The van der Waals surface area contributed by atoms with Crippen LogP contribution in [-0.4, -0.2) is 48.6 Å². The van der Waals surface area contributed by atoms with E-state index in [-0.39, 0.29) is 29.8 Å². The zero-order valence-corrected chi connectivity index (χ0v) is 13.9. The molecular weight excluding hydrogens is 319 g/mol. The van der Waals surface area contributed by atoms with Crippen molar-refractivity contribution in [2.45, 2.75) is 37.4 Å². The Balaban J connectivity index is 1.77. The van der Waals surface area contributed by atoms with Gasteiger partial charge in [0.05, 0.1) is 24.4 Å². The summed E-state index contributed by atoms with van der Waals surface area (Å²) in [6.07, 6.45) is 2.49. The predicted octanol–water partition coefficient (Wildman–Crippen LogP) is 2.34. The zero-order chi connectivity index (χ0) is 16.4. The minimum Gasteiger partial charge on any atom is -0.395 e. The highest BCUT2D eigenvalue weighted by molar-refractivity contribution is 6.30. The van der Waals surface area contributed by atoms with Crippen molar-refractivity contribution < 1.29 is 14.2 Å². The van der Waals surface area contributed by atoms with Crippen molar-refractivity contribution in [1.82, 2.24) is 4.90 Å². The molecule has 0 amide bonds. The molecule has 3 N–H and O–H groups in total. The molecule has 0 aliphatic carbocycles. The molecule has 2 fully saturated rings. The molecule has 0 aromatic heterocycles. The first-order valence-corrected chi connectivity index (χ1v) is 8.63. The summed E-state index contributed by atoms with van der Waals surface area (Å²) < 4.78 is 19.9. The van der Waals surface area contributed by atoms with E-state index in [4.69, 9.17) is 22.1 Å². The maximum absolute atomic E-state index is 14.4. The van der Waals surface area contributed by atoms with Crippen LogP contribution >= 0.6 is 11.6 Å². The zero-order valence-electron chi connectivity index (χ0n) is 13.1. The third-order valence-electron chi connectivity index (χ3n) is 5.11. The van der Waals surface area contributed by atoms with Crippen LogP contribution in [0, 0.1) is 11.7 Å². The smallest absolute Gasteiger partial charge is 0.145 e. The van der Waals surface area contributed by atoms with Crippen LogP contribution in [0.5, 0.6) is 0 Å². The molecule has 23 heavy (non-hydrogen) atoms. The first-order valence-electron chi connectivity index (χ1n) is 8.25. The van der Waals surface area contributed by atoms with Gasteiger partial charge in [-0.2, -0.15) is 0 Å². The highest BCUT2D eigenvalue weighted by Crippen LogP contribution is 2.38. The van der Waals surface area contributed by atoms with Crippen molar-refractivity contribution in [3.8, 4) is 0 Å². The molecule has 3 rings (SSSR count). The number of hydrogen-bond donors (Lipinski definition) is 2. The molecule has 128 valence electrons. The molecule has 4 nitrogen and oxygen atoms in total. The molecule has 2 heterocycles. The highest BCUT2D eigenvalue weighted by atomic mass is 35.5. The Bertz CT molecular complexity index is 539. The number of nitrogens with zero attached hydrogens (tertiary/aromatic N) is 1. The van der Waals surface area contributed by atoms with E-state index in [2.05, 4.69) is 4.90 Å². The average molecular weight is 343 g/mol. The first kappa shape index (κ1) is 17.1.